The molecule has 1 saturated heterocycles. The van der Waals surface area contributed by atoms with Crippen molar-refractivity contribution in [3.05, 3.63) is 24.0 Å². The van der Waals surface area contributed by atoms with Gasteiger partial charge in [0.15, 0.2) is 0 Å². The van der Waals surface area contributed by atoms with Crippen LogP contribution in [0.1, 0.15) is 39.3 Å². The second kappa shape index (κ2) is 6.33. The van der Waals surface area contributed by atoms with Gasteiger partial charge in [-0.05, 0) is 52.7 Å². The molecular formula is C16H25N3O2. The van der Waals surface area contributed by atoms with Crippen LogP contribution in [0.5, 0.6) is 0 Å². The number of hydrogen-bond donors (Lipinski definition) is 1. The number of ether oxygens (including phenoxy) is 1. The first-order valence-electron chi connectivity index (χ1n) is 7.50. The summed E-state index contributed by atoms with van der Waals surface area (Å²) >= 11 is 0. The highest BCUT2D eigenvalue weighted by molar-refractivity contribution is 5.68. The number of carbonyl (C=O) groups excluding carboxylic acids is 1. The van der Waals surface area contributed by atoms with Gasteiger partial charge in [0.2, 0.25) is 0 Å². The summed E-state index contributed by atoms with van der Waals surface area (Å²) in [6.45, 7) is 9.09. The van der Waals surface area contributed by atoms with E-state index in [9.17, 15) is 4.79 Å². The first-order chi connectivity index (χ1) is 9.83. The van der Waals surface area contributed by atoms with E-state index < -0.39 is 5.60 Å². The number of pyridine rings is 1. The van der Waals surface area contributed by atoms with Gasteiger partial charge in [0.1, 0.15) is 5.60 Å². The van der Waals surface area contributed by atoms with Gasteiger partial charge < -0.3 is 15.0 Å². The van der Waals surface area contributed by atoms with Gasteiger partial charge in [-0.3, -0.25) is 4.98 Å². The van der Waals surface area contributed by atoms with Gasteiger partial charge in [-0.15, -0.1) is 0 Å². The molecule has 116 valence electrons. The molecule has 0 bridgehead atoms. The number of nitrogens with one attached hydrogen (secondary N) is 1. The maximum atomic E-state index is 12.1. The fraction of sp³-hybridized carbons (Fsp3) is 0.625. The van der Waals surface area contributed by atoms with Crippen molar-refractivity contribution in [1.29, 1.82) is 0 Å². The molecule has 0 aromatic carbocycles. The molecule has 0 spiro atoms. The molecule has 1 fully saturated rings. The molecular weight excluding hydrogens is 266 g/mol. The van der Waals surface area contributed by atoms with E-state index in [2.05, 4.69) is 10.3 Å². The highest BCUT2D eigenvalue weighted by Gasteiger charge is 2.27. The Morgan fingerprint density at radius 1 is 1.48 bits per heavy atom. The fourth-order valence-corrected chi connectivity index (χ4v) is 2.46. The lowest BCUT2D eigenvalue weighted by Gasteiger charge is -2.34. The van der Waals surface area contributed by atoms with Crippen molar-refractivity contribution in [3.63, 3.8) is 0 Å². The molecule has 1 aromatic heterocycles. The summed E-state index contributed by atoms with van der Waals surface area (Å²) in [4.78, 5) is 18.1. The maximum absolute atomic E-state index is 12.1. The Balaban J connectivity index is 1.93. The summed E-state index contributed by atoms with van der Waals surface area (Å²) in [5, 5.41) is 3.48. The van der Waals surface area contributed by atoms with Crippen molar-refractivity contribution >= 4 is 11.8 Å². The normalized spacial score (nSPS) is 19.2. The van der Waals surface area contributed by atoms with E-state index in [-0.39, 0.29) is 12.1 Å². The SMILES string of the molecule is Cc1cc(NC2CCCN(C(=O)OC(C)(C)C)C2)ccn1. The van der Waals surface area contributed by atoms with Crippen LogP contribution in [0.25, 0.3) is 0 Å². The number of piperidine rings is 1. The van der Waals surface area contributed by atoms with Crippen LogP contribution < -0.4 is 5.32 Å². The molecule has 5 heteroatoms. The monoisotopic (exact) mass is 291 g/mol. The molecule has 1 aliphatic rings. The molecule has 1 unspecified atom stereocenters. The van der Waals surface area contributed by atoms with Crippen LogP contribution in [0.2, 0.25) is 0 Å². The first-order valence-corrected chi connectivity index (χ1v) is 7.50. The molecule has 1 amide bonds. The molecule has 5 nitrogen and oxygen atoms in total. The van der Waals surface area contributed by atoms with E-state index in [0.29, 0.717) is 6.54 Å². The third-order valence-electron chi connectivity index (χ3n) is 3.34. The Morgan fingerprint density at radius 3 is 2.90 bits per heavy atom. The van der Waals surface area contributed by atoms with Gasteiger partial charge in [-0.25, -0.2) is 4.79 Å². The van der Waals surface area contributed by atoms with Crippen LogP contribution in [-0.2, 0) is 4.74 Å². The number of carbonyl (C=O) groups is 1. The molecule has 0 aliphatic carbocycles. The molecule has 21 heavy (non-hydrogen) atoms. The average Bonchev–Trinajstić information content (AvgIpc) is 2.37. The highest BCUT2D eigenvalue weighted by Crippen LogP contribution is 2.18. The smallest absolute Gasteiger partial charge is 0.410 e. The number of aryl methyl sites for hydroxylation is 1. The van der Waals surface area contributed by atoms with Crippen LogP contribution in [-0.4, -0.2) is 40.7 Å². The van der Waals surface area contributed by atoms with Gasteiger partial charge in [-0.1, -0.05) is 0 Å². The largest absolute Gasteiger partial charge is 0.444 e. The van der Waals surface area contributed by atoms with Crippen molar-refractivity contribution in [2.75, 3.05) is 18.4 Å². The Hall–Kier alpha value is -1.78. The van der Waals surface area contributed by atoms with Crippen LogP contribution in [0.3, 0.4) is 0 Å². The zero-order chi connectivity index (χ0) is 15.5. The maximum Gasteiger partial charge on any atom is 0.410 e. The van der Waals surface area contributed by atoms with Crippen LogP contribution in [0.4, 0.5) is 10.5 Å². The molecule has 1 aromatic rings. The second-order valence-electron chi connectivity index (χ2n) is 6.60. The van der Waals surface area contributed by atoms with Crippen LogP contribution in [0, 0.1) is 6.92 Å². The Bertz CT molecular complexity index is 497. The lowest BCUT2D eigenvalue weighted by molar-refractivity contribution is 0.0206. The van der Waals surface area contributed by atoms with Crippen LogP contribution in [0.15, 0.2) is 18.3 Å². The summed E-state index contributed by atoms with van der Waals surface area (Å²) in [5.74, 6) is 0. The van der Waals surface area contributed by atoms with Gasteiger partial charge >= 0.3 is 6.09 Å². The summed E-state index contributed by atoms with van der Waals surface area (Å²) in [7, 11) is 0. The van der Waals surface area contributed by atoms with E-state index >= 15 is 0 Å². The molecule has 1 atom stereocenters. The summed E-state index contributed by atoms with van der Waals surface area (Å²) in [5.41, 5.74) is 1.60. The van der Waals surface area contributed by atoms with E-state index in [1.807, 2.05) is 39.8 Å². The van der Waals surface area contributed by atoms with Gasteiger partial charge in [0.25, 0.3) is 0 Å². The van der Waals surface area contributed by atoms with E-state index in [0.717, 1.165) is 30.8 Å². The van der Waals surface area contributed by atoms with Crippen molar-refractivity contribution in [2.24, 2.45) is 0 Å². The Kier molecular flexibility index (Phi) is 4.70. The minimum absolute atomic E-state index is 0.222. The number of rotatable bonds is 2. The van der Waals surface area contributed by atoms with Crippen LogP contribution >= 0.6 is 0 Å². The van der Waals surface area contributed by atoms with E-state index in [1.54, 1.807) is 11.1 Å². The van der Waals surface area contributed by atoms with Crippen molar-refractivity contribution < 1.29 is 9.53 Å². The van der Waals surface area contributed by atoms with Gasteiger partial charge in [0, 0.05) is 36.7 Å². The number of hydrogen-bond acceptors (Lipinski definition) is 4. The van der Waals surface area contributed by atoms with Crippen molar-refractivity contribution in [2.45, 2.75) is 52.2 Å². The second-order valence-corrected chi connectivity index (χ2v) is 6.60. The molecule has 1 N–H and O–H groups in total. The number of anilines is 1. The number of likely N-dealkylation sites (tertiary alicyclic amines) is 1. The summed E-state index contributed by atoms with van der Waals surface area (Å²) in [6.07, 6.45) is 3.62. The Labute approximate surface area is 126 Å². The molecule has 1 aliphatic heterocycles. The molecule has 0 saturated carbocycles. The first kappa shape index (κ1) is 15.6. The quantitative estimate of drug-likeness (QED) is 0.909. The highest BCUT2D eigenvalue weighted by atomic mass is 16.6. The molecule has 2 heterocycles. The molecule has 0 radical (unpaired) electrons. The number of aromatic nitrogens is 1. The van der Waals surface area contributed by atoms with Gasteiger partial charge in [0.05, 0.1) is 0 Å². The minimum atomic E-state index is -0.445. The molecule has 2 rings (SSSR count). The average molecular weight is 291 g/mol. The fourth-order valence-electron chi connectivity index (χ4n) is 2.46. The standard InChI is InChI=1S/C16H25N3O2/c1-12-10-13(7-8-17-12)18-14-6-5-9-19(11-14)15(20)21-16(2,3)4/h7-8,10,14H,5-6,9,11H2,1-4H3,(H,17,18). The number of amides is 1. The predicted molar refractivity (Wildman–Crippen MR) is 83.4 cm³/mol. The zero-order valence-corrected chi connectivity index (χ0v) is 13.3. The lowest BCUT2D eigenvalue weighted by atomic mass is 10.1. The van der Waals surface area contributed by atoms with E-state index in [1.165, 1.54) is 0 Å². The van der Waals surface area contributed by atoms with Gasteiger partial charge in [-0.2, -0.15) is 0 Å². The third kappa shape index (κ3) is 4.92. The van der Waals surface area contributed by atoms with Crippen molar-refractivity contribution in [3.8, 4) is 0 Å². The summed E-state index contributed by atoms with van der Waals surface area (Å²) < 4.78 is 5.44. The summed E-state index contributed by atoms with van der Waals surface area (Å²) in [6, 6.07) is 4.24. The Morgan fingerprint density at radius 2 is 2.24 bits per heavy atom. The number of nitrogens with zero attached hydrogens (tertiary/aromatic N) is 2. The van der Waals surface area contributed by atoms with Crippen molar-refractivity contribution in [1.82, 2.24) is 9.88 Å². The topological polar surface area (TPSA) is 54.5 Å². The third-order valence-corrected chi connectivity index (χ3v) is 3.34. The lowest BCUT2D eigenvalue weighted by Crippen LogP contribution is -2.46. The predicted octanol–water partition coefficient (Wildman–Crippen LogP) is 3.20. The van der Waals surface area contributed by atoms with E-state index in [4.69, 9.17) is 4.74 Å². The minimum Gasteiger partial charge on any atom is -0.444 e. The zero-order valence-electron chi connectivity index (χ0n) is 13.3.